The van der Waals surface area contributed by atoms with Gasteiger partial charge >= 0.3 is 5.97 Å². The molecule has 0 spiro atoms. The average molecular weight is 262 g/mol. The minimum Gasteiger partial charge on any atom is -0.504 e. The van der Waals surface area contributed by atoms with Crippen molar-refractivity contribution in [1.29, 1.82) is 0 Å². The highest BCUT2D eigenvalue weighted by Crippen LogP contribution is 2.32. The molecule has 98 valence electrons. The van der Waals surface area contributed by atoms with Crippen molar-refractivity contribution in [3.05, 3.63) is 40.1 Å². The molecule has 0 radical (unpaired) electrons. The first kappa shape index (κ1) is 12.7. The van der Waals surface area contributed by atoms with Gasteiger partial charge in [0.25, 0.3) is 0 Å². The molecule has 0 aliphatic rings. The van der Waals surface area contributed by atoms with E-state index in [2.05, 4.69) is 4.74 Å². The van der Waals surface area contributed by atoms with E-state index in [1.165, 1.54) is 18.2 Å². The maximum atomic E-state index is 11.9. The second-order valence-corrected chi connectivity index (χ2v) is 3.85. The highest BCUT2D eigenvalue weighted by molar-refractivity contribution is 5.97. The van der Waals surface area contributed by atoms with Crippen LogP contribution in [0.3, 0.4) is 0 Å². The molecule has 0 saturated carbocycles. The molecule has 2 aromatic carbocycles. The lowest BCUT2D eigenvalue weighted by molar-refractivity contribution is 0.0600. The van der Waals surface area contributed by atoms with E-state index in [1.54, 1.807) is 0 Å². The predicted octanol–water partition coefficient (Wildman–Crippen LogP) is 1.10. The fraction of sp³-hybridized carbons (Fsp3) is 0.0769. The van der Waals surface area contributed by atoms with E-state index < -0.39 is 28.6 Å². The minimum atomic E-state index is -0.890. The number of hydrogen-bond acceptors (Lipinski definition) is 6. The van der Waals surface area contributed by atoms with Crippen LogP contribution in [-0.4, -0.2) is 28.4 Å². The van der Waals surface area contributed by atoms with Crippen LogP contribution in [0.5, 0.6) is 17.2 Å². The van der Waals surface area contributed by atoms with Crippen molar-refractivity contribution in [3.63, 3.8) is 0 Å². The normalized spacial score (nSPS) is 10.4. The molecule has 2 aromatic rings. The number of benzene rings is 1. The lowest BCUT2D eigenvalue weighted by Gasteiger charge is -1.99. The van der Waals surface area contributed by atoms with Crippen molar-refractivity contribution in [2.75, 3.05) is 7.11 Å². The third-order valence-electron chi connectivity index (χ3n) is 2.67. The van der Waals surface area contributed by atoms with E-state index in [9.17, 15) is 24.9 Å². The number of ether oxygens (including phenoxy) is 1. The molecule has 0 heterocycles. The monoisotopic (exact) mass is 262 g/mol. The Kier molecular flexibility index (Phi) is 3.00. The van der Waals surface area contributed by atoms with Gasteiger partial charge in [-0.25, -0.2) is 4.79 Å². The molecule has 0 fully saturated rings. The Hall–Kier alpha value is -2.76. The highest BCUT2D eigenvalue weighted by Gasteiger charge is 2.14. The van der Waals surface area contributed by atoms with Gasteiger partial charge in [-0.05, 0) is 23.6 Å². The van der Waals surface area contributed by atoms with Crippen LogP contribution in [-0.2, 0) is 4.74 Å². The summed E-state index contributed by atoms with van der Waals surface area (Å²) in [6, 6.07) is 4.75. The standard InChI is InChI=1S/C13H10O6/c1-19-13(18)7-4-6-2-3-8(14)11(16)10(6)12(17)9(15)5-7/h2-5,14,16H,1H3,(H,15,17). The number of methoxy groups -OCH3 is 1. The van der Waals surface area contributed by atoms with E-state index in [0.29, 0.717) is 0 Å². The maximum Gasteiger partial charge on any atom is 0.338 e. The third kappa shape index (κ3) is 2.03. The molecule has 19 heavy (non-hydrogen) atoms. The number of aromatic hydroxyl groups is 3. The topological polar surface area (TPSA) is 104 Å². The average Bonchev–Trinajstić information content (AvgIpc) is 2.52. The number of esters is 1. The van der Waals surface area contributed by atoms with E-state index in [-0.39, 0.29) is 16.3 Å². The van der Waals surface area contributed by atoms with Gasteiger partial charge in [-0.3, -0.25) is 4.79 Å². The molecule has 0 atom stereocenters. The Labute approximate surface area is 107 Å². The van der Waals surface area contributed by atoms with Crippen LogP contribution in [0.2, 0.25) is 0 Å². The lowest BCUT2D eigenvalue weighted by Crippen LogP contribution is -2.00. The summed E-state index contributed by atoms with van der Waals surface area (Å²) in [5.41, 5.74) is -0.934. The van der Waals surface area contributed by atoms with Gasteiger partial charge in [0, 0.05) is 0 Å². The maximum absolute atomic E-state index is 11.9. The van der Waals surface area contributed by atoms with Crippen molar-refractivity contribution in [1.82, 2.24) is 0 Å². The van der Waals surface area contributed by atoms with Crippen molar-refractivity contribution >= 4 is 16.7 Å². The minimum absolute atomic E-state index is 0.0443. The van der Waals surface area contributed by atoms with Crippen LogP contribution in [0.1, 0.15) is 10.4 Å². The first-order valence-electron chi connectivity index (χ1n) is 5.26. The van der Waals surface area contributed by atoms with E-state index in [1.807, 2.05) is 0 Å². The van der Waals surface area contributed by atoms with Crippen LogP contribution < -0.4 is 5.43 Å². The van der Waals surface area contributed by atoms with Crippen molar-refractivity contribution in [3.8, 4) is 17.2 Å². The summed E-state index contributed by atoms with van der Waals surface area (Å²) in [4.78, 5) is 23.4. The smallest absolute Gasteiger partial charge is 0.338 e. The first-order valence-corrected chi connectivity index (χ1v) is 5.26. The van der Waals surface area contributed by atoms with Crippen LogP contribution in [0.15, 0.2) is 29.1 Å². The molecule has 0 aromatic heterocycles. The van der Waals surface area contributed by atoms with E-state index in [0.717, 1.165) is 13.2 Å². The summed E-state index contributed by atoms with van der Waals surface area (Å²) >= 11 is 0. The summed E-state index contributed by atoms with van der Waals surface area (Å²) in [7, 11) is 1.16. The summed E-state index contributed by atoms with van der Waals surface area (Å²) < 4.78 is 4.51. The molecular formula is C13H10O6. The number of fused-ring (bicyclic) bond motifs is 1. The number of rotatable bonds is 1. The van der Waals surface area contributed by atoms with E-state index in [4.69, 9.17) is 0 Å². The molecule has 6 nitrogen and oxygen atoms in total. The zero-order chi connectivity index (χ0) is 14.2. The van der Waals surface area contributed by atoms with Gasteiger partial charge < -0.3 is 20.1 Å². The number of carbonyl (C=O) groups is 1. The molecule has 0 amide bonds. The Bertz CT molecular complexity index is 735. The number of phenols is 2. The first-order chi connectivity index (χ1) is 8.95. The fourth-order valence-corrected chi connectivity index (χ4v) is 1.74. The molecule has 0 aliphatic carbocycles. The van der Waals surface area contributed by atoms with Gasteiger partial charge in [-0.2, -0.15) is 0 Å². The number of hydrogen-bond donors (Lipinski definition) is 3. The SMILES string of the molecule is COC(=O)c1cc(O)c(=O)c2c(O)c(O)ccc2c1. The Morgan fingerprint density at radius 2 is 1.79 bits per heavy atom. The van der Waals surface area contributed by atoms with Crippen molar-refractivity contribution in [2.24, 2.45) is 0 Å². The summed E-state index contributed by atoms with van der Waals surface area (Å²) in [5, 5.41) is 28.6. The van der Waals surface area contributed by atoms with Crippen LogP contribution in [0, 0.1) is 0 Å². The molecule has 6 heteroatoms. The molecule has 0 aliphatic heterocycles. The largest absolute Gasteiger partial charge is 0.504 e. The van der Waals surface area contributed by atoms with Gasteiger partial charge in [0.05, 0.1) is 18.1 Å². The van der Waals surface area contributed by atoms with Gasteiger partial charge in [-0.1, -0.05) is 6.07 Å². The molecule has 3 N–H and O–H groups in total. The van der Waals surface area contributed by atoms with Crippen molar-refractivity contribution in [2.45, 2.75) is 0 Å². The van der Waals surface area contributed by atoms with Crippen molar-refractivity contribution < 1.29 is 24.9 Å². The van der Waals surface area contributed by atoms with Crippen LogP contribution in [0.4, 0.5) is 0 Å². The molecular weight excluding hydrogens is 252 g/mol. The van der Waals surface area contributed by atoms with Crippen LogP contribution >= 0.6 is 0 Å². The van der Waals surface area contributed by atoms with Gasteiger partial charge in [0.15, 0.2) is 17.2 Å². The molecule has 2 rings (SSSR count). The summed E-state index contributed by atoms with van der Waals surface area (Å²) in [6.07, 6.45) is 0. The molecule has 0 saturated heterocycles. The Morgan fingerprint density at radius 1 is 1.11 bits per heavy atom. The third-order valence-corrected chi connectivity index (χ3v) is 2.67. The van der Waals surface area contributed by atoms with Gasteiger partial charge in [0.2, 0.25) is 5.43 Å². The van der Waals surface area contributed by atoms with Crippen LogP contribution in [0.25, 0.3) is 10.8 Å². The number of carbonyl (C=O) groups excluding carboxylic acids is 1. The summed E-state index contributed by atoms with van der Waals surface area (Å²) in [5.74, 6) is -2.60. The Balaban J connectivity index is 2.99. The highest BCUT2D eigenvalue weighted by atomic mass is 16.5. The number of phenolic OH excluding ortho intramolecular Hbond substituents is 2. The molecule has 0 unspecified atom stereocenters. The Morgan fingerprint density at radius 3 is 2.42 bits per heavy atom. The van der Waals surface area contributed by atoms with Gasteiger partial charge in [-0.15, -0.1) is 0 Å². The fourth-order valence-electron chi connectivity index (χ4n) is 1.74. The van der Waals surface area contributed by atoms with Gasteiger partial charge in [0.1, 0.15) is 0 Å². The van der Waals surface area contributed by atoms with E-state index >= 15 is 0 Å². The molecule has 0 bridgehead atoms. The lowest BCUT2D eigenvalue weighted by atomic mass is 10.1. The quantitative estimate of drug-likeness (QED) is 0.525. The second kappa shape index (κ2) is 4.49. The second-order valence-electron chi connectivity index (χ2n) is 3.85. The summed E-state index contributed by atoms with van der Waals surface area (Å²) in [6.45, 7) is 0. The zero-order valence-corrected chi connectivity index (χ0v) is 9.88. The predicted molar refractivity (Wildman–Crippen MR) is 66.6 cm³/mol. The zero-order valence-electron chi connectivity index (χ0n) is 9.88.